The van der Waals surface area contributed by atoms with Crippen LogP contribution in [0.3, 0.4) is 0 Å². The Balaban J connectivity index is 0.00000161. The van der Waals surface area contributed by atoms with Crippen LogP contribution in [0.4, 0.5) is 0 Å². The molecule has 3 rings (SSSR count). The van der Waals surface area contributed by atoms with E-state index in [1.807, 2.05) is 13.0 Å². The number of hydrogen-bond acceptors (Lipinski definition) is 3. The van der Waals surface area contributed by atoms with Crippen molar-refractivity contribution in [3.8, 4) is 28.6 Å². The van der Waals surface area contributed by atoms with Crippen LogP contribution < -0.4 is 12.4 Å². The number of phenolic OH excluding ortho intramolecular Hbond substituents is 3. The van der Waals surface area contributed by atoms with Crippen molar-refractivity contribution in [2.24, 2.45) is 0 Å². The standard InChI is InChI=1S/C16H12O4.ClH/c1-9-6-15(13-5-3-10(17)7-14(13)19)20-16-8-11(18)2-4-12(9)16;/h2-8H,1H3,(H2-,17,18,19);1H. The molecule has 2 aromatic carbocycles. The minimum atomic E-state index is -0.0624. The molecule has 0 bridgehead atoms. The predicted molar refractivity (Wildman–Crippen MR) is 75.8 cm³/mol. The Morgan fingerprint density at radius 2 is 1.52 bits per heavy atom. The number of rotatable bonds is 1. The first-order valence-corrected chi connectivity index (χ1v) is 6.13. The monoisotopic (exact) mass is 304 g/mol. The fourth-order valence-corrected chi connectivity index (χ4v) is 2.20. The van der Waals surface area contributed by atoms with E-state index in [1.54, 1.807) is 18.2 Å². The largest absolute Gasteiger partial charge is 1.00 e. The van der Waals surface area contributed by atoms with Crippen molar-refractivity contribution in [1.82, 2.24) is 0 Å². The fourth-order valence-electron chi connectivity index (χ4n) is 2.20. The quantitative estimate of drug-likeness (QED) is 0.582. The molecule has 21 heavy (non-hydrogen) atoms. The van der Waals surface area contributed by atoms with Crippen LogP contribution in [-0.2, 0) is 0 Å². The maximum atomic E-state index is 9.89. The minimum Gasteiger partial charge on any atom is -1.00 e. The maximum absolute atomic E-state index is 9.89. The highest BCUT2D eigenvalue weighted by atomic mass is 35.5. The smallest absolute Gasteiger partial charge is 0.364 e. The summed E-state index contributed by atoms with van der Waals surface area (Å²) in [6.45, 7) is 1.93. The molecule has 0 amide bonds. The molecule has 0 aliphatic rings. The van der Waals surface area contributed by atoms with Crippen LogP contribution >= 0.6 is 0 Å². The van der Waals surface area contributed by atoms with E-state index in [1.165, 1.54) is 18.2 Å². The summed E-state index contributed by atoms with van der Waals surface area (Å²) < 4.78 is 5.73. The summed E-state index contributed by atoms with van der Waals surface area (Å²) in [5.74, 6) is 0.514. The van der Waals surface area contributed by atoms with Crippen LogP contribution in [0.15, 0.2) is 46.9 Å². The number of halogens is 1. The zero-order chi connectivity index (χ0) is 14.3. The van der Waals surface area contributed by atoms with Gasteiger partial charge < -0.3 is 27.7 Å². The summed E-state index contributed by atoms with van der Waals surface area (Å²) >= 11 is 0. The molecule has 108 valence electrons. The summed E-state index contributed by atoms with van der Waals surface area (Å²) in [4.78, 5) is 0. The highest BCUT2D eigenvalue weighted by Gasteiger charge is 2.20. The van der Waals surface area contributed by atoms with E-state index in [0.717, 1.165) is 10.9 Å². The fraction of sp³-hybridized carbons (Fsp3) is 0.0625. The van der Waals surface area contributed by atoms with Gasteiger partial charge >= 0.3 is 11.3 Å². The van der Waals surface area contributed by atoms with Crippen molar-refractivity contribution >= 4 is 11.0 Å². The van der Waals surface area contributed by atoms with Crippen molar-refractivity contribution in [3.05, 3.63) is 48.0 Å². The van der Waals surface area contributed by atoms with Gasteiger partial charge in [0.1, 0.15) is 22.8 Å². The third-order valence-corrected chi connectivity index (χ3v) is 3.20. The van der Waals surface area contributed by atoms with Gasteiger partial charge in [-0.3, -0.25) is 0 Å². The molecule has 1 heterocycles. The van der Waals surface area contributed by atoms with E-state index in [0.29, 0.717) is 16.9 Å². The second kappa shape index (κ2) is 5.50. The molecule has 3 N–H and O–H groups in total. The van der Waals surface area contributed by atoms with Gasteiger partial charge in [0.25, 0.3) is 0 Å². The summed E-state index contributed by atoms with van der Waals surface area (Å²) in [5.41, 5.74) is 1.98. The maximum Gasteiger partial charge on any atom is 0.364 e. The lowest BCUT2D eigenvalue weighted by molar-refractivity contribution is -0.00000778. The van der Waals surface area contributed by atoms with E-state index in [2.05, 4.69) is 0 Å². The second-order valence-corrected chi connectivity index (χ2v) is 4.68. The van der Waals surface area contributed by atoms with Crippen molar-refractivity contribution in [2.75, 3.05) is 0 Å². The SMILES string of the molecule is Cc1cc(-c2ccc(O)cc2O)[o+]c2cc(O)ccc12.[Cl-]. The van der Waals surface area contributed by atoms with Crippen LogP contribution in [-0.4, -0.2) is 15.3 Å². The number of fused-ring (bicyclic) bond motifs is 1. The van der Waals surface area contributed by atoms with Gasteiger partial charge in [-0.2, -0.15) is 0 Å². The Bertz CT molecular complexity index is 815. The molecule has 3 aromatic rings. The van der Waals surface area contributed by atoms with E-state index in [-0.39, 0.29) is 29.7 Å². The summed E-state index contributed by atoms with van der Waals surface area (Å²) in [7, 11) is 0. The van der Waals surface area contributed by atoms with Gasteiger partial charge in [0.2, 0.25) is 0 Å². The van der Waals surface area contributed by atoms with Crippen LogP contribution in [0, 0.1) is 6.92 Å². The first-order valence-electron chi connectivity index (χ1n) is 6.13. The molecule has 4 nitrogen and oxygen atoms in total. The lowest BCUT2D eigenvalue weighted by Crippen LogP contribution is -3.00. The first-order chi connectivity index (χ1) is 9.54. The molecule has 0 saturated heterocycles. The highest BCUT2D eigenvalue weighted by Crippen LogP contribution is 2.35. The molecule has 0 fully saturated rings. The molecular formula is C16H13ClO4. The minimum absolute atomic E-state index is 0. The van der Waals surface area contributed by atoms with Gasteiger partial charge in [-0.05, 0) is 36.8 Å². The molecular weight excluding hydrogens is 292 g/mol. The average molecular weight is 305 g/mol. The number of benzene rings is 2. The van der Waals surface area contributed by atoms with Crippen LogP contribution in [0.25, 0.3) is 22.3 Å². The number of aromatic hydroxyl groups is 3. The van der Waals surface area contributed by atoms with E-state index < -0.39 is 0 Å². The zero-order valence-corrected chi connectivity index (χ0v) is 11.9. The molecule has 1 aromatic heterocycles. The Morgan fingerprint density at radius 1 is 0.857 bits per heavy atom. The second-order valence-electron chi connectivity index (χ2n) is 4.68. The van der Waals surface area contributed by atoms with E-state index in [4.69, 9.17) is 4.42 Å². The van der Waals surface area contributed by atoms with Gasteiger partial charge in [0.05, 0.1) is 11.5 Å². The van der Waals surface area contributed by atoms with Gasteiger partial charge in [-0.15, -0.1) is 0 Å². The molecule has 0 spiro atoms. The Kier molecular flexibility index (Phi) is 3.91. The highest BCUT2D eigenvalue weighted by molar-refractivity contribution is 5.84. The summed E-state index contributed by atoms with van der Waals surface area (Å²) in [6, 6.07) is 11.0. The van der Waals surface area contributed by atoms with Gasteiger partial charge in [-0.25, -0.2) is 4.42 Å². The van der Waals surface area contributed by atoms with Crippen molar-refractivity contribution < 1.29 is 32.1 Å². The topological polar surface area (TPSA) is 72.0 Å². The van der Waals surface area contributed by atoms with Crippen LogP contribution in [0.1, 0.15) is 5.56 Å². The Labute approximate surface area is 127 Å². The first kappa shape index (κ1) is 14.9. The van der Waals surface area contributed by atoms with Crippen molar-refractivity contribution in [3.63, 3.8) is 0 Å². The zero-order valence-electron chi connectivity index (χ0n) is 11.2. The summed E-state index contributed by atoms with van der Waals surface area (Å²) in [6.07, 6.45) is 0. The van der Waals surface area contributed by atoms with Gasteiger partial charge in [0, 0.05) is 12.1 Å². The van der Waals surface area contributed by atoms with Gasteiger partial charge in [-0.1, -0.05) is 0 Å². The Morgan fingerprint density at radius 3 is 2.24 bits per heavy atom. The van der Waals surface area contributed by atoms with E-state index in [9.17, 15) is 15.3 Å². The average Bonchev–Trinajstić information content (AvgIpc) is 2.37. The van der Waals surface area contributed by atoms with Gasteiger partial charge in [0.15, 0.2) is 0 Å². The van der Waals surface area contributed by atoms with E-state index >= 15 is 0 Å². The molecule has 0 aliphatic heterocycles. The molecule has 0 atom stereocenters. The molecule has 0 saturated carbocycles. The lowest BCUT2D eigenvalue weighted by Gasteiger charge is -2.00. The molecule has 0 unspecified atom stereocenters. The Hall–Kier alpha value is -2.46. The normalized spacial score (nSPS) is 10.3. The number of phenols is 3. The number of aryl methyl sites for hydroxylation is 1. The van der Waals surface area contributed by atoms with Crippen LogP contribution in [0.5, 0.6) is 17.2 Å². The molecule has 0 aliphatic carbocycles. The lowest BCUT2D eigenvalue weighted by atomic mass is 10.1. The van der Waals surface area contributed by atoms with Crippen molar-refractivity contribution in [1.29, 1.82) is 0 Å². The third kappa shape index (κ3) is 2.71. The molecule has 0 radical (unpaired) electrons. The predicted octanol–water partition coefficient (Wildman–Crippen LogP) is 0.810. The number of hydrogen-bond donors (Lipinski definition) is 3. The third-order valence-electron chi connectivity index (χ3n) is 3.20. The summed E-state index contributed by atoms with van der Waals surface area (Å²) in [5, 5.41) is 29.6. The van der Waals surface area contributed by atoms with Crippen LogP contribution in [0.2, 0.25) is 0 Å². The van der Waals surface area contributed by atoms with Crippen molar-refractivity contribution in [2.45, 2.75) is 6.92 Å². The molecule has 5 heteroatoms.